The number of aryl methyl sites for hydroxylation is 1. The topological polar surface area (TPSA) is 46.9 Å². The number of carbonyl (C=O) groups excluding carboxylic acids is 1. The van der Waals surface area contributed by atoms with E-state index in [1.54, 1.807) is 0 Å². The molecule has 0 bridgehead atoms. The lowest BCUT2D eigenvalue weighted by Crippen LogP contribution is -2.17. The first kappa shape index (κ1) is 16.3. The third-order valence-corrected chi connectivity index (χ3v) is 3.73. The van der Waals surface area contributed by atoms with Gasteiger partial charge in [-0.15, -0.1) is 0 Å². The van der Waals surface area contributed by atoms with E-state index in [4.69, 9.17) is 0 Å². The highest BCUT2D eigenvalue weighted by Crippen LogP contribution is 2.27. The van der Waals surface area contributed by atoms with Gasteiger partial charge in [0, 0.05) is 17.9 Å². The molecule has 1 amide bonds. The van der Waals surface area contributed by atoms with Crippen LogP contribution in [0.15, 0.2) is 30.5 Å². The summed E-state index contributed by atoms with van der Waals surface area (Å²) >= 11 is 0. The van der Waals surface area contributed by atoms with Crippen molar-refractivity contribution in [2.45, 2.75) is 53.0 Å². The third-order valence-electron chi connectivity index (χ3n) is 3.73. The van der Waals surface area contributed by atoms with E-state index in [0.29, 0.717) is 18.4 Å². The average molecular weight is 299 g/mol. The summed E-state index contributed by atoms with van der Waals surface area (Å²) < 4.78 is 1.87. The van der Waals surface area contributed by atoms with Crippen LogP contribution in [0.3, 0.4) is 0 Å². The Kier molecular flexibility index (Phi) is 5.01. The predicted molar refractivity (Wildman–Crippen MR) is 90.2 cm³/mol. The molecule has 0 radical (unpaired) electrons. The van der Waals surface area contributed by atoms with E-state index in [1.165, 1.54) is 5.56 Å². The normalized spacial score (nSPS) is 11.2. The molecule has 118 valence electrons. The molecule has 0 saturated heterocycles. The number of nitrogens with zero attached hydrogens (tertiary/aromatic N) is 2. The van der Waals surface area contributed by atoms with E-state index in [1.807, 2.05) is 36.0 Å². The van der Waals surface area contributed by atoms with Gasteiger partial charge < -0.3 is 5.32 Å². The van der Waals surface area contributed by atoms with Crippen LogP contribution in [0.5, 0.6) is 0 Å². The first-order chi connectivity index (χ1) is 10.4. The summed E-state index contributed by atoms with van der Waals surface area (Å²) in [6.07, 6.45) is 2.21. The van der Waals surface area contributed by atoms with Crippen LogP contribution in [0.1, 0.15) is 56.5 Å². The molecule has 22 heavy (non-hydrogen) atoms. The van der Waals surface area contributed by atoms with Crippen LogP contribution in [-0.2, 0) is 11.2 Å². The SMILES string of the molecule is Cc1cccc(C(C)C)c1NC(=O)Cc1ccn(C(C)C)n1. The number of carbonyl (C=O) groups is 1. The van der Waals surface area contributed by atoms with Gasteiger partial charge in [0.25, 0.3) is 0 Å². The van der Waals surface area contributed by atoms with Crippen LogP contribution < -0.4 is 5.32 Å². The number of para-hydroxylation sites is 1. The van der Waals surface area contributed by atoms with Crippen LogP contribution >= 0.6 is 0 Å². The van der Waals surface area contributed by atoms with Gasteiger partial charge in [0.15, 0.2) is 0 Å². The molecule has 1 aromatic carbocycles. The Bertz CT molecular complexity index is 656. The first-order valence-electron chi connectivity index (χ1n) is 7.82. The number of aromatic nitrogens is 2. The second-order valence-electron chi connectivity index (χ2n) is 6.30. The summed E-state index contributed by atoms with van der Waals surface area (Å²) in [5.41, 5.74) is 3.99. The number of anilines is 1. The van der Waals surface area contributed by atoms with Gasteiger partial charge in [0.2, 0.25) is 5.91 Å². The van der Waals surface area contributed by atoms with Crippen molar-refractivity contribution in [3.05, 3.63) is 47.3 Å². The molecule has 0 aliphatic carbocycles. The second-order valence-corrected chi connectivity index (χ2v) is 6.30. The second kappa shape index (κ2) is 6.77. The van der Waals surface area contributed by atoms with Gasteiger partial charge in [-0.3, -0.25) is 9.48 Å². The Morgan fingerprint density at radius 2 is 1.95 bits per heavy atom. The Labute approximate surface area is 132 Å². The molecule has 4 nitrogen and oxygen atoms in total. The van der Waals surface area contributed by atoms with Crippen molar-refractivity contribution >= 4 is 11.6 Å². The summed E-state index contributed by atoms with van der Waals surface area (Å²) in [5.74, 6) is 0.348. The van der Waals surface area contributed by atoms with Crippen LogP contribution in [0, 0.1) is 6.92 Å². The molecule has 2 rings (SSSR count). The van der Waals surface area contributed by atoms with Crippen molar-refractivity contribution in [2.24, 2.45) is 0 Å². The van der Waals surface area contributed by atoms with Gasteiger partial charge in [-0.05, 0) is 43.9 Å². The van der Waals surface area contributed by atoms with Gasteiger partial charge in [-0.2, -0.15) is 5.10 Å². The van der Waals surface area contributed by atoms with Crippen molar-refractivity contribution in [1.29, 1.82) is 0 Å². The summed E-state index contributed by atoms with van der Waals surface area (Å²) in [6.45, 7) is 10.4. The maximum atomic E-state index is 12.3. The Balaban J connectivity index is 2.12. The zero-order valence-electron chi connectivity index (χ0n) is 14.1. The van der Waals surface area contributed by atoms with Gasteiger partial charge in [0.05, 0.1) is 12.1 Å². The molecule has 2 aromatic rings. The lowest BCUT2D eigenvalue weighted by atomic mass is 9.98. The molecule has 0 fully saturated rings. The van der Waals surface area contributed by atoms with Crippen molar-refractivity contribution in [3.8, 4) is 0 Å². The molecular formula is C18H25N3O. The van der Waals surface area contributed by atoms with Gasteiger partial charge in [0.1, 0.15) is 0 Å². The van der Waals surface area contributed by atoms with Crippen LogP contribution in [0.2, 0.25) is 0 Å². The van der Waals surface area contributed by atoms with E-state index in [-0.39, 0.29) is 5.91 Å². The van der Waals surface area contributed by atoms with E-state index in [9.17, 15) is 4.79 Å². The summed E-state index contributed by atoms with van der Waals surface area (Å²) in [4.78, 5) is 12.3. The van der Waals surface area contributed by atoms with Crippen molar-refractivity contribution in [1.82, 2.24) is 9.78 Å². The quantitative estimate of drug-likeness (QED) is 0.904. The standard InChI is InChI=1S/C18H25N3O/c1-12(2)16-8-6-7-14(5)18(16)19-17(22)11-15-9-10-21(20-15)13(3)4/h6-10,12-13H,11H2,1-5H3,(H,19,22). The lowest BCUT2D eigenvalue weighted by Gasteiger charge is -2.16. The minimum Gasteiger partial charge on any atom is -0.325 e. The number of benzene rings is 1. The molecular weight excluding hydrogens is 274 g/mol. The third kappa shape index (κ3) is 3.75. The highest BCUT2D eigenvalue weighted by molar-refractivity contribution is 5.93. The molecule has 0 atom stereocenters. The fourth-order valence-corrected chi connectivity index (χ4v) is 2.45. The molecule has 0 saturated carbocycles. The molecule has 1 aromatic heterocycles. The molecule has 0 unspecified atom stereocenters. The van der Waals surface area contributed by atoms with Crippen molar-refractivity contribution in [2.75, 3.05) is 5.32 Å². The Morgan fingerprint density at radius 1 is 1.23 bits per heavy atom. The fourth-order valence-electron chi connectivity index (χ4n) is 2.45. The van der Waals surface area contributed by atoms with Crippen LogP contribution in [0.25, 0.3) is 0 Å². The summed E-state index contributed by atoms with van der Waals surface area (Å²) in [6, 6.07) is 8.34. The number of hydrogen-bond acceptors (Lipinski definition) is 2. The van der Waals surface area contributed by atoms with Crippen LogP contribution in [-0.4, -0.2) is 15.7 Å². The number of amides is 1. The maximum absolute atomic E-state index is 12.3. The van der Waals surface area contributed by atoms with Crippen molar-refractivity contribution < 1.29 is 4.79 Å². The lowest BCUT2D eigenvalue weighted by molar-refractivity contribution is -0.115. The molecule has 0 aliphatic rings. The van der Waals surface area contributed by atoms with Gasteiger partial charge in [-0.1, -0.05) is 32.0 Å². The molecule has 0 aliphatic heterocycles. The summed E-state index contributed by atoms with van der Waals surface area (Å²) in [7, 11) is 0. The fraction of sp³-hybridized carbons (Fsp3) is 0.444. The highest BCUT2D eigenvalue weighted by atomic mass is 16.1. The highest BCUT2D eigenvalue weighted by Gasteiger charge is 2.13. The monoisotopic (exact) mass is 299 g/mol. The minimum atomic E-state index is -0.0230. The first-order valence-corrected chi connectivity index (χ1v) is 7.82. The number of hydrogen-bond donors (Lipinski definition) is 1. The molecule has 0 spiro atoms. The van der Waals surface area contributed by atoms with Crippen LogP contribution in [0.4, 0.5) is 5.69 Å². The maximum Gasteiger partial charge on any atom is 0.230 e. The Hall–Kier alpha value is -2.10. The zero-order chi connectivity index (χ0) is 16.3. The molecule has 1 heterocycles. The average Bonchev–Trinajstić information content (AvgIpc) is 2.89. The Morgan fingerprint density at radius 3 is 2.55 bits per heavy atom. The van der Waals surface area contributed by atoms with E-state index in [0.717, 1.165) is 16.9 Å². The van der Waals surface area contributed by atoms with Gasteiger partial charge in [-0.25, -0.2) is 0 Å². The van der Waals surface area contributed by atoms with Gasteiger partial charge >= 0.3 is 0 Å². The van der Waals surface area contributed by atoms with E-state index >= 15 is 0 Å². The largest absolute Gasteiger partial charge is 0.325 e. The number of rotatable bonds is 5. The molecule has 4 heteroatoms. The van der Waals surface area contributed by atoms with E-state index in [2.05, 4.69) is 44.2 Å². The molecule has 1 N–H and O–H groups in total. The summed E-state index contributed by atoms with van der Waals surface area (Å²) in [5, 5.41) is 7.49. The minimum absolute atomic E-state index is 0.0230. The van der Waals surface area contributed by atoms with E-state index < -0.39 is 0 Å². The smallest absolute Gasteiger partial charge is 0.230 e. The number of nitrogens with one attached hydrogen (secondary N) is 1. The predicted octanol–water partition coefficient (Wildman–Crippen LogP) is 4.08. The van der Waals surface area contributed by atoms with Crippen molar-refractivity contribution in [3.63, 3.8) is 0 Å². The zero-order valence-corrected chi connectivity index (χ0v) is 14.1.